The third kappa shape index (κ3) is 4.84. The molecular formula is C25H20N2O5. The Labute approximate surface area is 184 Å². The Morgan fingerprint density at radius 1 is 0.906 bits per heavy atom. The molecular weight excluding hydrogens is 408 g/mol. The van der Waals surface area contributed by atoms with Crippen LogP contribution >= 0.6 is 0 Å². The van der Waals surface area contributed by atoms with Crippen molar-refractivity contribution in [1.82, 2.24) is 10.2 Å². The summed E-state index contributed by atoms with van der Waals surface area (Å²) in [6.45, 7) is 0.506. The van der Waals surface area contributed by atoms with Crippen LogP contribution in [0.25, 0.3) is 6.08 Å². The number of amides is 3. The van der Waals surface area contributed by atoms with E-state index in [4.69, 9.17) is 9.84 Å². The smallest absolute Gasteiger partial charge is 0.335 e. The van der Waals surface area contributed by atoms with Crippen LogP contribution in [0, 0.1) is 0 Å². The molecule has 32 heavy (non-hydrogen) atoms. The summed E-state index contributed by atoms with van der Waals surface area (Å²) in [5.74, 6) is -0.715. The van der Waals surface area contributed by atoms with Crippen molar-refractivity contribution < 1.29 is 24.2 Å². The van der Waals surface area contributed by atoms with Crippen molar-refractivity contribution in [1.29, 1.82) is 0 Å². The molecule has 3 aromatic rings. The third-order valence-electron chi connectivity index (χ3n) is 4.94. The second kappa shape index (κ2) is 9.18. The van der Waals surface area contributed by atoms with Gasteiger partial charge in [-0.15, -0.1) is 0 Å². The molecule has 7 heteroatoms. The van der Waals surface area contributed by atoms with Crippen LogP contribution in [0.4, 0.5) is 4.79 Å². The zero-order chi connectivity index (χ0) is 22.5. The van der Waals surface area contributed by atoms with Gasteiger partial charge in [-0.1, -0.05) is 54.6 Å². The van der Waals surface area contributed by atoms with Crippen molar-refractivity contribution in [2.24, 2.45) is 0 Å². The van der Waals surface area contributed by atoms with E-state index in [0.29, 0.717) is 12.4 Å². The van der Waals surface area contributed by atoms with E-state index in [1.807, 2.05) is 30.3 Å². The first kappa shape index (κ1) is 20.9. The first-order chi connectivity index (χ1) is 15.5. The Hall–Kier alpha value is -4.39. The minimum Gasteiger partial charge on any atom is -0.489 e. The van der Waals surface area contributed by atoms with E-state index in [1.54, 1.807) is 42.5 Å². The summed E-state index contributed by atoms with van der Waals surface area (Å²) in [4.78, 5) is 36.9. The molecule has 1 fully saturated rings. The van der Waals surface area contributed by atoms with Crippen LogP contribution in [-0.4, -0.2) is 27.9 Å². The van der Waals surface area contributed by atoms with Crippen molar-refractivity contribution in [3.63, 3.8) is 0 Å². The van der Waals surface area contributed by atoms with Crippen LogP contribution in [0.15, 0.2) is 84.6 Å². The maximum atomic E-state index is 12.6. The average Bonchev–Trinajstić information content (AvgIpc) is 3.07. The number of nitrogens with zero attached hydrogens (tertiary/aromatic N) is 1. The molecule has 0 atom stereocenters. The molecule has 0 aliphatic carbocycles. The van der Waals surface area contributed by atoms with Crippen LogP contribution < -0.4 is 10.1 Å². The molecule has 3 aromatic carbocycles. The zero-order valence-corrected chi connectivity index (χ0v) is 17.0. The quantitative estimate of drug-likeness (QED) is 0.437. The van der Waals surface area contributed by atoms with Gasteiger partial charge in [0.15, 0.2) is 0 Å². The van der Waals surface area contributed by atoms with Crippen LogP contribution in [0.3, 0.4) is 0 Å². The third-order valence-corrected chi connectivity index (χ3v) is 4.94. The van der Waals surface area contributed by atoms with Crippen molar-refractivity contribution >= 4 is 24.0 Å². The Balaban J connectivity index is 1.38. The fourth-order valence-corrected chi connectivity index (χ4v) is 3.22. The number of benzene rings is 3. The van der Waals surface area contributed by atoms with Gasteiger partial charge in [-0.05, 0) is 47.0 Å². The molecule has 4 rings (SSSR count). The van der Waals surface area contributed by atoms with Gasteiger partial charge in [0.25, 0.3) is 5.91 Å². The highest BCUT2D eigenvalue weighted by Gasteiger charge is 2.33. The Bertz CT molecular complexity index is 1170. The van der Waals surface area contributed by atoms with Gasteiger partial charge < -0.3 is 15.2 Å². The maximum Gasteiger partial charge on any atom is 0.335 e. The lowest BCUT2D eigenvalue weighted by Gasteiger charge is -2.11. The first-order valence-electron chi connectivity index (χ1n) is 9.93. The lowest BCUT2D eigenvalue weighted by atomic mass is 10.1. The fourth-order valence-electron chi connectivity index (χ4n) is 3.22. The predicted molar refractivity (Wildman–Crippen MR) is 118 cm³/mol. The van der Waals surface area contributed by atoms with Crippen molar-refractivity contribution in [2.75, 3.05) is 0 Å². The zero-order valence-electron chi connectivity index (χ0n) is 17.0. The van der Waals surface area contributed by atoms with Gasteiger partial charge in [0.2, 0.25) is 0 Å². The Morgan fingerprint density at radius 3 is 2.25 bits per heavy atom. The molecule has 0 aromatic heterocycles. The largest absolute Gasteiger partial charge is 0.489 e. The van der Waals surface area contributed by atoms with Gasteiger partial charge in [-0.2, -0.15) is 0 Å². The Morgan fingerprint density at radius 2 is 1.59 bits per heavy atom. The number of carbonyl (C=O) groups excluding carboxylic acids is 2. The van der Waals surface area contributed by atoms with E-state index in [9.17, 15) is 14.4 Å². The van der Waals surface area contributed by atoms with Gasteiger partial charge in [0.05, 0.1) is 12.1 Å². The SMILES string of the molecule is O=C(O)c1ccc(COc2ccc(/C=C3/NC(=O)N(Cc4ccccc4)C3=O)cc2)cc1. The van der Waals surface area contributed by atoms with E-state index < -0.39 is 12.0 Å². The van der Waals surface area contributed by atoms with Gasteiger partial charge in [-0.3, -0.25) is 9.69 Å². The second-order valence-corrected chi connectivity index (χ2v) is 7.22. The average molecular weight is 428 g/mol. The highest BCUT2D eigenvalue weighted by Crippen LogP contribution is 2.19. The molecule has 0 bridgehead atoms. The monoisotopic (exact) mass is 428 g/mol. The van der Waals surface area contributed by atoms with Crippen LogP contribution in [0.1, 0.15) is 27.0 Å². The summed E-state index contributed by atoms with van der Waals surface area (Å²) in [6, 6.07) is 22.5. The maximum absolute atomic E-state index is 12.6. The molecule has 3 amide bonds. The topological polar surface area (TPSA) is 95.9 Å². The van der Waals surface area contributed by atoms with Crippen LogP contribution in [0.2, 0.25) is 0 Å². The van der Waals surface area contributed by atoms with Crippen molar-refractivity contribution in [3.8, 4) is 5.75 Å². The second-order valence-electron chi connectivity index (χ2n) is 7.22. The molecule has 1 aliphatic heterocycles. The number of hydrogen-bond acceptors (Lipinski definition) is 4. The van der Waals surface area contributed by atoms with Gasteiger partial charge in [0.1, 0.15) is 18.1 Å². The van der Waals surface area contributed by atoms with E-state index in [0.717, 1.165) is 16.7 Å². The van der Waals surface area contributed by atoms with Crippen molar-refractivity contribution in [2.45, 2.75) is 13.2 Å². The summed E-state index contributed by atoms with van der Waals surface area (Å²) >= 11 is 0. The molecule has 1 saturated heterocycles. The fraction of sp³-hybridized carbons (Fsp3) is 0.0800. The number of imide groups is 1. The molecule has 2 N–H and O–H groups in total. The van der Waals surface area contributed by atoms with Crippen molar-refractivity contribution in [3.05, 3.63) is 107 Å². The predicted octanol–water partition coefficient (Wildman–Crippen LogP) is 4.06. The molecule has 160 valence electrons. The highest BCUT2D eigenvalue weighted by atomic mass is 16.5. The standard InChI is InChI=1S/C25H20N2O5/c28-23-22(26-25(31)27(23)15-18-4-2-1-3-5-18)14-17-8-12-21(13-9-17)32-16-19-6-10-20(11-7-19)24(29)30/h1-14H,15-16H2,(H,26,31)(H,29,30)/b22-14+. The van der Waals surface area contributed by atoms with Gasteiger partial charge in [-0.25, -0.2) is 9.59 Å². The molecule has 0 spiro atoms. The minimum atomic E-state index is -0.970. The number of aromatic carboxylic acids is 1. The highest BCUT2D eigenvalue weighted by molar-refractivity contribution is 6.13. The Kier molecular flexibility index (Phi) is 5.98. The first-order valence-corrected chi connectivity index (χ1v) is 9.93. The molecule has 1 aliphatic rings. The van der Waals surface area contributed by atoms with E-state index in [2.05, 4.69) is 5.32 Å². The summed E-state index contributed by atoms with van der Waals surface area (Å²) in [5.41, 5.74) is 2.91. The molecule has 1 heterocycles. The lowest BCUT2D eigenvalue weighted by Crippen LogP contribution is -2.30. The number of carboxylic acid groups (broad SMARTS) is 1. The summed E-state index contributed by atoms with van der Waals surface area (Å²) < 4.78 is 5.73. The number of nitrogens with one attached hydrogen (secondary N) is 1. The number of ether oxygens (including phenoxy) is 1. The normalized spacial score (nSPS) is 14.5. The molecule has 0 saturated carbocycles. The number of carboxylic acids is 1. The number of rotatable bonds is 7. The van der Waals surface area contributed by atoms with Crippen LogP contribution in [-0.2, 0) is 17.9 Å². The lowest BCUT2D eigenvalue weighted by molar-refractivity contribution is -0.123. The minimum absolute atomic E-state index is 0.211. The number of urea groups is 1. The molecule has 7 nitrogen and oxygen atoms in total. The van der Waals surface area contributed by atoms with E-state index >= 15 is 0 Å². The van der Waals surface area contributed by atoms with E-state index in [1.165, 1.54) is 17.0 Å². The summed E-state index contributed by atoms with van der Waals surface area (Å²) in [7, 11) is 0. The van der Waals surface area contributed by atoms with Crippen LogP contribution in [0.5, 0.6) is 5.75 Å². The summed E-state index contributed by atoms with van der Waals surface area (Å²) in [6.07, 6.45) is 1.62. The van der Waals surface area contributed by atoms with Gasteiger partial charge in [0, 0.05) is 0 Å². The summed E-state index contributed by atoms with van der Waals surface area (Å²) in [5, 5.41) is 11.6. The number of carbonyl (C=O) groups is 3. The number of hydrogen-bond donors (Lipinski definition) is 2. The van der Waals surface area contributed by atoms with Gasteiger partial charge >= 0.3 is 12.0 Å². The van der Waals surface area contributed by atoms with E-state index in [-0.39, 0.29) is 23.7 Å². The molecule has 0 radical (unpaired) electrons. The molecule has 0 unspecified atom stereocenters.